The third-order valence-corrected chi connectivity index (χ3v) is 8.07. The number of benzene rings is 1. The Morgan fingerprint density at radius 1 is 0.957 bits per heavy atom. The van der Waals surface area contributed by atoms with Gasteiger partial charge in [-0.3, -0.25) is 14.4 Å². The van der Waals surface area contributed by atoms with Crippen LogP contribution < -0.4 is 21.3 Å². The van der Waals surface area contributed by atoms with Crippen molar-refractivity contribution in [1.29, 1.82) is 0 Å². The largest absolute Gasteiger partial charge is 0.462 e. The fourth-order valence-corrected chi connectivity index (χ4v) is 5.26. The number of carbonyl (C=O) groups excluding carboxylic acids is 3. The van der Waals surface area contributed by atoms with E-state index < -0.39 is 24.0 Å². The normalized spacial score (nSPS) is 13.9. The van der Waals surface area contributed by atoms with Crippen molar-refractivity contribution in [3.8, 4) is 11.3 Å². The molecule has 0 bridgehead atoms. The molecule has 0 saturated heterocycles. The van der Waals surface area contributed by atoms with Crippen LogP contribution in [0.4, 0.5) is 5.95 Å². The fraction of sp³-hybridized carbons (Fsp3) is 0.500. The zero-order chi connectivity index (χ0) is 34.7. The first-order valence-corrected chi connectivity index (χ1v) is 16.3. The monoisotopic (exact) mass is 669 g/mol. The second-order valence-electron chi connectivity index (χ2n) is 12.1. The van der Waals surface area contributed by atoms with Gasteiger partial charge in [-0.1, -0.05) is 58.4 Å². The number of nitrogens with zero attached hydrogens (tertiary/aromatic N) is 2. The molecule has 256 valence electrons. The Labute approximate surface area is 282 Å². The molecule has 0 aliphatic heterocycles. The quantitative estimate of drug-likeness (QED) is 0.128. The van der Waals surface area contributed by atoms with Crippen molar-refractivity contribution in [1.82, 2.24) is 30.9 Å². The van der Waals surface area contributed by atoms with Crippen molar-refractivity contribution in [2.24, 2.45) is 11.8 Å². The van der Waals surface area contributed by atoms with Crippen molar-refractivity contribution >= 4 is 35.4 Å². The average Bonchev–Trinajstić information content (AvgIpc) is 3.52. The summed E-state index contributed by atoms with van der Waals surface area (Å²) < 4.78 is 11.2. The summed E-state index contributed by atoms with van der Waals surface area (Å²) in [5, 5.41) is 12.7. The van der Waals surface area contributed by atoms with Crippen LogP contribution in [0.2, 0.25) is 5.02 Å². The number of ether oxygens (including phenoxy) is 2. The van der Waals surface area contributed by atoms with Crippen LogP contribution in [0.5, 0.6) is 0 Å². The molecule has 4 atom stereocenters. The first kappa shape index (κ1) is 37.5. The van der Waals surface area contributed by atoms with Gasteiger partial charge in [0, 0.05) is 23.0 Å². The zero-order valence-corrected chi connectivity index (χ0v) is 29.2. The molecule has 2 heterocycles. The van der Waals surface area contributed by atoms with E-state index in [-0.39, 0.29) is 43.1 Å². The van der Waals surface area contributed by atoms with E-state index in [2.05, 4.69) is 31.2 Å². The molecule has 5 N–H and O–H groups in total. The van der Waals surface area contributed by atoms with Gasteiger partial charge in [-0.25, -0.2) is 9.97 Å². The Morgan fingerprint density at radius 3 is 2.17 bits per heavy atom. The third kappa shape index (κ3) is 10.5. The highest BCUT2D eigenvalue weighted by Gasteiger charge is 2.26. The smallest absolute Gasteiger partial charge is 0.323 e. The summed E-state index contributed by atoms with van der Waals surface area (Å²) in [6.45, 7) is 11.7. The van der Waals surface area contributed by atoms with Crippen LogP contribution in [0.1, 0.15) is 68.7 Å². The molecule has 0 fully saturated rings. The van der Waals surface area contributed by atoms with E-state index in [9.17, 15) is 14.4 Å². The van der Waals surface area contributed by atoms with Gasteiger partial charge in [0.25, 0.3) is 5.91 Å². The SMILES string of the molecule is CC[C@H](COC(=O)[C@@H](NC)C(C)C)Nc1ncc(C)c(-c2c[nH]c(C(=O)N[C@H](COC(=O)[C@H](NC)C(C)C)c3cccc(Cl)c3)c2)n1. The number of aromatic nitrogens is 3. The van der Waals surface area contributed by atoms with E-state index in [0.717, 1.165) is 5.56 Å². The summed E-state index contributed by atoms with van der Waals surface area (Å²) in [5.74, 6) is -0.617. The number of nitrogens with one attached hydrogen (secondary N) is 5. The molecule has 0 unspecified atom stereocenters. The highest BCUT2D eigenvalue weighted by atomic mass is 35.5. The number of hydrogen-bond donors (Lipinski definition) is 5. The maximum absolute atomic E-state index is 13.5. The number of carbonyl (C=O) groups is 3. The minimum absolute atomic E-state index is 0.0243. The highest BCUT2D eigenvalue weighted by molar-refractivity contribution is 6.30. The number of amides is 1. The highest BCUT2D eigenvalue weighted by Crippen LogP contribution is 2.24. The lowest BCUT2D eigenvalue weighted by Crippen LogP contribution is -2.41. The summed E-state index contributed by atoms with van der Waals surface area (Å²) in [6, 6.07) is 7.03. The number of hydrogen-bond acceptors (Lipinski definition) is 10. The number of aryl methyl sites for hydroxylation is 1. The third-order valence-electron chi connectivity index (χ3n) is 7.84. The Bertz CT molecular complexity index is 1500. The van der Waals surface area contributed by atoms with Crippen molar-refractivity contribution < 1.29 is 23.9 Å². The predicted octanol–water partition coefficient (Wildman–Crippen LogP) is 4.67. The van der Waals surface area contributed by atoms with Crippen LogP contribution in [0.3, 0.4) is 0 Å². The van der Waals surface area contributed by atoms with Crippen molar-refractivity contribution in [3.63, 3.8) is 0 Å². The molecule has 1 amide bonds. The number of halogens is 1. The maximum Gasteiger partial charge on any atom is 0.323 e. The van der Waals surface area contributed by atoms with Crippen molar-refractivity contribution in [2.75, 3.05) is 32.6 Å². The van der Waals surface area contributed by atoms with E-state index in [1.54, 1.807) is 50.8 Å². The maximum atomic E-state index is 13.5. The van der Waals surface area contributed by atoms with Gasteiger partial charge in [0.1, 0.15) is 31.0 Å². The Kier molecular flexibility index (Phi) is 14.2. The zero-order valence-electron chi connectivity index (χ0n) is 28.4. The molecule has 0 saturated carbocycles. The Hall–Kier alpha value is -4.00. The summed E-state index contributed by atoms with van der Waals surface area (Å²) >= 11 is 6.24. The van der Waals surface area contributed by atoms with Crippen LogP contribution in [0.15, 0.2) is 42.7 Å². The van der Waals surface area contributed by atoms with E-state index in [0.29, 0.717) is 39.9 Å². The second-order valence-corrected chi connectivity index (χ2v) is 12.6. The lowest BCUT2D eigenvalue weighted by atomic mass is 10.0. The molecule has 3 aromatic rings. The Balaban J connectivity index is 1.74. The summed E-state index contributed by atoms with van der Waals surface area (Å²) in [5.41, 5.74) is 3.12. The van der Waals surface area contributed by atoms with E-state index >= 15 is 0 Å². The molecule has 0 spiro atoms. The molecule has 13 heteroatoms. The lowest BCUT2D eigenvalue weighted by molar-refractivity contribution is -0.148. The van der Waals surface area contributed by atoms with E-state index in [1.807, 2.05) is 47.6 Å². The van der Waals surface area contributed by atoms with Crippen LogP contribution in [-0.4, -0.2) is 78.2 Å². The molecule has 1 aromatic carbocycles. The number of likely N-dealkylation sites (N-methyl/N-ethyl adjacent to an activating group) is 2. The predicted molar refractivity (Wildman–Crippen MR) is 183 cm³/mol. The molecule has 2 aromatic heterocycles. The number of anilines is 1. The molecule has 3 rings (SSSR count). The fourth-order valence-electron chi connectivity index (χ4n) is 5.07. The van der Waals surface area contributed by atoms with Crippen molar-refractivity contribution in [2.45, 2.75) is 72.1 Å². The summed E-state index contributed by atoms with van der Waals surface area (Å²) in [6.07, 6.45) is 4.08. The number of esters is 2. The van der Waals surface area contributed by atoms with Gasteiger partial charge in [0.2, 0.25) is 5.95 Å². The van der Waals surface area contributed by atoms with Crippen LogP contribution in [0, 0.1) is 18.8 Å². The average molecular weight is 670 g/mol. The lowest BCUT2D eigenvalue weighted by Gasteiger charge is -2.23. The first-order valence-electron chi connectivity index (χ1n) is 15.9. The molecule has 0 radical (unpaired) electrons. The summed E-state index contributed by atoms with van der Waals surface area (Å²) in [4.78, 5) is 50.9. The summed E-state index contributed by atoms with van der Waals surface area (Å²) in [7, 11) is 3.44. The molecular formula is C34H48ClN7O5. The number of aromatic amines is 1. The first-order chi connectivity index (χ1) is 22.4. The minimum Gasteiger partial charge on any atom is -0.462 e. The van der Waals surface area contributed by atoms with Crippen LogP contribution in [0.25, 0.3) is 11.3 Å². The van der Waals surface area contributed by atoms with E-state index in [4.69, 9.17) is 26.1 Å². The number of H-pyrrole nitrogens is 1. The van der Waals surface area contributed by atoms with Crippen LogP contribution in [-0.2, 0) is 19.1 Å². The molecule has 0 aliphatic carbocycles. The van der Waals surface area contributed by atoms with Gasteiger partial charge >= 0.3 is 11.9 Å². The van der Waals surface area contributed by atoms with Gasteiger partial charge in [-0.15, -0.1) is 0 Å². The molecule has 47 heavy (non-hydrogen) atoms. The van der Waals surface area contributed by atoms with Crippen molar-refractivity contribution in [3.05, 3.63) is 64.6 Å². The topological polar surface area (TPSA) is 159 Å². The van der Waals surface area contributed by atoms with E-state index in [1.165, 1.54) is 0 Å². The van der Waals surface area contributed by atoms with Crippen LogP contribution >= 0.6 is 11.6 Å². The molecule has 12 nitrogen and oxygen atoms in total. The van der Waals surface area contributed by atoms with Gasteiger partial charge in [-0.05, 0) is 68.6 Å². The van der Waals surface area contributed by atoms with Gasteiger partial charge in [0.05, 0.1) is 17.8 Å². The van der Waals surface area contributed by atoms with Gasteiger partial charge < -0.3 is 35.7 Å². The number of rotatable bonds is 17. The molecular weight excluding hydrogens is 622 g/mol. The molecule has 0 aliphatic rings. The van der Waals surface area contributed by atoms with Gasteiger partial charge in [0.15, 0.2) is 0 Å². The standard InChI is InChI=1S/C34H48ClN7O5/c1-9-25(17-46-32(44)28(36-7)19(2)3)40-34-39-15-21(6)30(42-34)23-14-26(38-16-23)31(43)41-27(22-11-10-12-24(35)13-22)18-47-33(45)29(37-8)20(4)5/h10-16,19-20,25,27-29,36-38H,9,17-18H2,1-8H3,(H,41,43)(H,39,40,42)/t25-,27-,28+,29-/m1/s1. The minimum atomic E-state index is -0.651. The Morgan fingerprint density at radius 2 is 1.60 bits per heavy atom. The second kappa shape index (κ2) is 17.8. The van der Waals surface area contributed by atoms with Gasteiger partial charge in [-0.2, -0.15) is 0 Å².